The van der Waals surface area contributed by atoms with Crippen LogP contribution in [0.15, 0.2) is 54.6 Å². The highest BCUT2D eigenvalue weighted by atomic mass is 16.2. The molecule has 0 saturated heterocycles. The van der Waals surface area contributed by atoms with E-state index in [1.54, 1.807) is 12.1 Å². The Morgan fingerprint density at radius 2 is 1.76 bits per heavy atom. The van der Waals surface area contributed by atoms with Gasteiger partial charge >= 0.3 is 0 Å². The van der Waals surface area contributed by atoms with Crippen LogP contribution in [0, 0.1) is 11.3 Å². The topological polar surface area (TPSA) is 44.1 Å². The van der Waals surface area contributed by atoms with Crippen molar-refractivity contribution < 1.29 is 4.79 Å². The number of benzene rings is 2. The molecule has 0 saturated carbocycles. The molecular formula is C18H18N2O. The highest BCUT2D eigenvalue weighted by Gasteiger charge is 2.20. The summed E-state index contributed by atoms with van der Waals surface area (Å²) in [7, 11) is 0. The Balaban J connectivity index is 2.24. The highest BCUT2D eigenvalue weighted by molar-refractivity contribution is 5.94. The van der Waals surface area contributed by atoms with Gasteiger partial charge in [-0.3, -0.25) is 4.79 Å². The van der Waals surface area contributed by atoms with Crippen LogP contribution in [0.25, 0.3) is 0 Å². The Morgan fingerprint density at radius 3 is 2.29 bits per heavy atom. The zero-order valence-electron chi connectivity index (χ0n) is 12.3. The Morgan fingerprint density at radius 1 is 1.14 bits per heavy atom. The van der Waals surface area contributed by atoms with Gasteiger partial charge in [0.05, 0.1) is 17.7 Å². The minimum Gasteiger partial charge on any atom is -0.332 e. The average Bonchev–Trinajstić information content (AvgIpc) is 2.56. The lowest BCUT2D eigenvalue weighted by atomic mass is 10.0. The maximum atomic E-state index is 12.6. The Labute approximate surface area is 125 Å². The first kappa shape index (κ1) is 14.8. The van der Waals surface area contributed by atoms with Gasteiger partial charge in [0.1, 0.15) is 0 Å². The molecule has 3 nitrogen and oxygen atoms in total. The zero-order valence-corrected chi connectivity index (χ0v) is 12.3. The van der Waals surface area contributed by atoms with E-state index < -0.39 is 0 Å². The number of hydrogen-bond acceptors (Lipinski definition) is 2. The minimum atomic E-state index is -0.0320. The first-order chi connectivity index (χ1) is 10.2. The standard InChI is InChI=1S/C18H18N2O/c1-3-20(18(21)17-7-5-4-6-8-17)14(2)16-11-9-15(13-19)10-12-16/h4-12,14H,3H2,1-2H3. The summed E-state index contributed by atoms with van der Waals surface area (Å²) < 4.78 is 0. The molecule has 0 spiro atoms. The van der Waals surface area contributed by atoms with Crippen molar-refractivity contribution >= 4 is 5.91 Å². The summed E-state index contributed by atoms with van der Waals surface area (Å²) in [4.78, 5) is 14.4. The van der Waals surface area contributed by atoms with Gasteiger partial charge < -0.3 is 4.90 Å². The fraction of sp³-hybridized carbons (Fsp3) is 0.222. The quantitative estimate of drug-likeness (QED) is 0.854. The second-order valence-corrected chi connectivity index (χ2v) is 4.87. The molecule has 21 heavy (non-hydrogen) atoms. The van der Waals surface area contributed by atoms with E-state index in [0.717, 1.165) is 5.56 Å². The molecule has 0 aliphatic carbocycles. The van der Waals surface area contributed by atoms with Crippen LogP contribution in [0.5, 0.6) is 0 Å². The van der Waals surface area contributed by atoms with Gasteiger partial charge in [-0.15, -0.1) is 0 Å². The van der Waals surface area contributed by atoms with Gasteiger partial charge in [-0.05, 0) is 43.7 Å². The fourth-order valence-corrected chi connectivity index (χ4v) is 2.36. The predicted octanol–water partition coefficient (Wildman–Crippen LogP) is 3.78. The van der Waals surface area contributed by atoms with E-state index in [4.69, 9.17) is 5.26 Å². The number of carbonyl (C=O) groups is 1. The summed E-state index contributed by atoms with van der Waals surface area (Å²) >= 11 is 0. The number of hydrogen-bond donors (Lipinski definition) is 0. The van der Waals surface area contributed by atoms with Crippen LogP contribution in [0.3, 0.4) is 0 Å². The Bertz CT molecular complexity index is 641. The first-order valence-corrected chi connectivity index (χ1v) is 7.03. The van der Waals surface area contributed by atoms with Crippen molar-refractivity contribution in [1.82, 2.24) is 4.90 Å². The molecule has 0 N–H and O–H groups in total. The molecule has 0 aliphatic rings. The van der Waals surface area contributed by atoms with Crippen LogP contribution in [-0.4, -0.2) is 17.4 Å². The lowest BCUT2D eigenvalue weighted by molar-refractivity contribution is 0.0702. The van der Waals surface area contributed by atoms with Crippen LogP contribution in [0.1, 0.15) is 41.4 Å². The van der Waals surface area contributed by atoms with Gasteiger partial charge in [0, 0.05) is 12.1 Å². The summed E-state index contributed by atoms with van der Waals surface area (Å²) in [6.07, 6.45) is 0. The lowest BCUT2D eigenvalue weighted by Gasteiger charge is -2.28. The molecule has 2 rings (SSSR count). The molecular weight excluding hydrogens is 260 g/mol. The normalized spacial score (nSPS) is 11.5. The third kappa shape index (κ3) is 3.29. The molecule has 0 fully saturated rings. The summed E-state index contributed by atoms with van der Waals surface area (Å²) in [6.45, 7) is 4.61. The van der Waals surface area contributed by atoms with Crippen molar-refractivity contribution in [2.45, 2.75) is 19.9 Å². The molecule has 0 aliphatic heterocycles. The predicted molar refractivity (Wildman–Crippen MR) is 82.7 cm³/mol. The van der Waals surface area contributed by atoms with Crippen molar-refractivity contribution in [3.63, 3.8) is 0 Å². The van der Waals surface area contributed by atoms with E-state index in [1.807, 2.05) is 61.2 Å². The molecule has 0 aromatic heterocycles. The summed E-state index contributed by atoms with van der Waals surface area (Å²) in [5.41, 5.74) is 2.35. The summed E-state index contributed by atoms with van der Waals surface area (Å²) in [5.74, 6) is 0.0231. The zero-order chi connectivity index (χ0) is 15.2. The second kappa shape index (κ2) is 6.71. The molecule has 0 heterocycles. The molecule has 0 radical (unpaired) electrons. The summed E-state index contributed by atoms with van der Waals surface area (Å²) in [5, 5.41) is 8.84. The number of amides is 1. The molecule has 1 amide bonds. The van der Waals surface area contributed by atoms with Gasteiger partial charge in [-0.2, -0.15) is 5.26 Å². The van der Waals surface area contributed by atoms with Crippen LogP contribution in [0.4, 0.5) is 0 Å². The third-order valence-corrected chi connectivity index (χ3v) is 3.61. The van der Waals surface area contributed by atoms with Crippen LogP contribution >= 0.6 is 0 Å². The van der Waals surface area contributed by atoms with E-state index in [0.29, 0.717) is 17.7 Å². The van der Waals surface area contributed by atoms with Gasteiger partial charge in [0.2, 0.25) is 0 Å². The average molecular weight is 278 g/mol. The Kier molecular flexibility index (Phi) is 4.73. The largest absolute Gasteiger partial charge is 0.332 e. The molecule has 2 aromatic carbocycles. The lowest BCUT2D eigenvalue weighted by Crippen LogP contribution is -2.33. The van der Waals surface area contributed by atoms with E-state index in [2.05, 4.69) is 6.07 Å². The van der Waals surface area contributed by atoms with Crippen LogP contribution in [-0.2, 0) is 0 Å². The smallest absolute Gasteiger partial charge is 0.254 e. The monoisotopic (exact) mass is 278 g/mol. The molecule has 0 bridgehead atoms. The van der Waals surface area contributed by atoms with Crippen LogP contribution < -0.4 is 0 Å². The third-order valence-electron chi connectivity index (χ3n) is 3.61. The maximum absolute atomic E-state index is 12.6. The molecule has 2 aromatic rings. The minimum absolute atomic E-state index is 0.0231. The van der Waals surface area contributed by atoms with E-state index in [-0.39, 0.29) is 11.9 Å². The number of nitrogens with zero attached hydrogens (tertiary/aromatic N) is 2. The first-order valence-electron chi connectivity index (χ1n) is 7.03. The highest BCUT2D eigenvalue weighted by Crippen LogP contribution is 2.22. The number of carbonyl (C=O) groups excluding carboxylic acids is 1. The van der Waals surface area contributed by atoms with E-state index in [1.165, 1.54) is 0 Å². The Hall–Kier alpha value is -2.60. The maximum Gasteiger partial charge on any atom is 0.254 e. The van der Waals surface area contributed by atoms with Crippen molar-refractivity contribution in [2.75, 3.05) is 6.54 Å². The fourth-order valence-electron chi connectivity index (χ4n) is 2.36. The van der Waals surface area contributed by atoms with Crippen LogP contribution in [0.2, 0.25) is 0 Å². The van der Waals surface area contributed by atoms with Gasteiger partial charge in [0.25, 0.3) is 5.91 Å². The molecule has 106 valence electrons. The van der Waals surface area contributed by atoms with Gasteiger partial charge in [-0.1, -0.05) is 30.3 Å². The van der Waals surface area contributed by atoms with E-state index in [9.17, 15) is 4.79 Å². The molecule has 1 atom stereocenters. The van der Waals surface area contributed by atoms with Crippen molar-refractivity contribution in [2.24, 2.45) is 0 Å². The van der Waals surface area contributed by atoms with Crippen molar-refractivity contribution in [3.8, 4) is 6.07 Å². The SMILES string of the molecule is CCN(C(=O)c1ccccc1)C(C)c1ccc(C#N)cc1. The van der Waals surface area contributed by atoms with Crippen molar-refractivity contribution in [3.05, 3.63) is 71.3 Å². The van der Waals surface area contributed by atoms with Gasteiger partial charge in [0.15, 0.2) is 0 Å². The number of rotatable bonds is 4. The van der Waals surface area contributed by atoms with Gasteiger partial charge in [-0.25, -0.2) is 0 Å². The second-order valence-electron chi connectivity index (χ2n) is 4.87. The molecule has 1 unspecified atom stereocenters. The summed E-state index contributed by atoms with van der Waals surface area (Å²) in [6, 6.07) is 18.8. The number of nitriles is 1. The van der Waals surface area contributed by atoms with Crippen molar-refractivity contribution in [1.29, 1.82) is 5.26 Å². The van der Waals surface area contributed by atoms with E-state index >= 15 is 0 Å². The molecule has 3 heteroatoms.